The second kappa shape index (κ2) is 4.89. The van der Waals surface area contributed by atoms with Gasteiger partial charge in [-0.2, -0.15) is 0 Å². The molecule has 0 aliphatic rings. The third kappa shape index (κ3) is 2.66. The van der Waals surface area contributed by atoms with Gasteiger partial charge in [-0.1, -0.05) is 0 Å². The summed E-state index contributed by atoms with van der Waals surface area (Å²) in [6.07, 6.45) is 0. The number of benzene rings is 1. The van der Waals surface area contributed by atoms with Gasteiger partial charge in [0, 0.05) is 17.8 Å². The van der Waals surface area contributed by atoms with Crippen molar-refractivity contribution in [1.29, 1.82) is 0 Å². The van der Waals surface area contributed by atoms with Gasteiger partial charge in [0.05, 0.1) is 12.2 Å². The van der Waals surface area contributed by atoms with Crippen LogP contribution in [0.15, 0.2) is 12.1 Å². The standard InChI is InChI=1S/C10H12F2N2O2/c1-5(4-15)14-10(16)6-2-7(11)8(12)3-9(6)13/h2-3,5,15H,4,13H2,1H3,(H,14,16). The van der Waals surface area contributed by atoms with Crippen LogP contribution < -0.4 is 11.1 Å². The van der Waals surface area contributed by atoms with Gasteiger partial charge in [0.25, 0.3) is 5.91 Å². The van der Waals surface area contributed by atoms with Gasteiger partial charge < -0.3 is 16.2 Å². The number of carbonyl (C=O) groups excluding carboxylic acids is 1. The zero-order valence-electron chi connectivity index (χ0n) is 8.63. The van der Waals surface area contributed by atoms with Crippen LogP contribution in [0.4, 0.5) is 14.5 Å². The second-order valence-electron chi connectivity index (χ2n) is 3.41. The van der Waals surface area contributed by atoms with E-state index in [9.17, 15) is 13.6 Å². The van der Waals surface area contributed by atoms with E-state index in [0.29, 0.717) is 0 Å². The lowest BCUT2D eigenvalue weighted by molar-refractivity contribution is 0.0922. The van der Waals surface area contributed by atoms with Gasteiger partial charge in [0.15, 0.2) is 11.6 Å². The molecule has 4 nitrogen and oxygen atoms in total. The molecular weight excluding hydrogens is 218 g/mol. The first kappa shape index (κ1) is 12.4. The first-order valence-corrected chi connectivity index (χ1v) is 4.62. The fourth-order valence-electron chi connectivity index (χ4n) is 1.11. The third-order valence-corrected chi connectivity index (χ3v) is 1.99. The van der Waals surface area contributed by atoms with Crippen molar-refractivity contribution < 1.29 is 18.7 Å². The maximum atomic E-state index is 12.9. The van der Waals surface area contributed by atoms with Crippen molar-refractivity contribution in [3.05, 3.63) is 29.3 Å². The van der Waals surface area contributed by atoms with E-state index in [4.69, 9.17) is 10.8 Å². The van der Waals surface area contributed by atoms with Crippen LogP contribution in [0.25, 0.3) is 0 Å². The smallest absolute Gasteiger partial charge is 0.253 e. The van der Waals surface area contributed by atoms with Crippen LogP contribution in [0.5, 0.6) is 0 Å². The largest absolute Gasteiger partial charge is 0.398 e. The molecule has 0 aromatic heterocycles. The number of hydrogen-bond acceptors (Lipinski definition) is 3. The summed E-state index contributed by atoms with van der Waals surface area (Å²) in [6.45, 7) is 1.31. The Bertz CT molecular complexity index is 410. The molecule has 1 atom stereocenters. The Morgan fingerprint density at radius 1 is 1.50 bits per heavy atom. The quantitative estimate of drug-likeness (QED) is 0.667. The fraction of sp³-hybridized carbons (Fsp3) is 0.300. The van der Waals surface area contributed by atoms with Crippen molar-refractivity contribution in [3.63, 3.8) is 0 Å². The van der Waals surface area contributed by atoms with Crippen LogP contribution in [0, 0.1) is 11.6 Å². The van der Waals surface area contributed by atoms with Crippen molar-refractivity contribution in [1.82, 2.24) is 5.32 Å². The summed E-state index contributed by atoms with van der Waals surface area (Å²) < 4.78 is 25.6. The molecule has 16 heavy (non-hydrogen) atoms. The van der Waals surface area contributed by atoms with E-state index in [-0.39, 0.29) is 17.9 Å². The van der Waals surface area contributed by atoms with Crippen LogP contribution in [0.2, 0.25) is 0 Å². The average Bonchev–Trinajstić information content (AvgIpc) is 2.23. The van der Waals surface area contributed by atoms with Gasteiger partial charge in [0.1, 0.15) is 0 Å². The summed E-state index contributed by atoms with van der Waals surface area (Å²) in [4.78, 5) is 11.5. The van der Waals surface area contributed by atoms with E-state index >= 15 is 0 Å². The van der Waals surface area contributed by atoms with Crippen LogP contribution in [0.1, 0.15) is 17.3 Å². The first-order valence-electron chi connectivity index (χ1n) is 4.62. The van der Waals surface area contributed by atoms with Crippen molar-refractivity contribution in [2.45, 2.75) is 13.0 Å². The topological polar surface area (TPSA) is 75.3 Å². The number of halogens is 2. The van der Waals surface area contributed by atoms with Crippen LogP contribution in [-0.2, 0) is 0 Å². The Morgan fingerprint density at radius 3 is 2.62 bits per heavy atom. The highest BCUT2D eigenvalue weighted by atomic mass is 19.2. The number of aliphatic hydroxyl groups is 1. The Labute approximate surface area is 91.1 Å². The molecule has 0 saturated heterocycles. The number of anilines is 1. The van der Waals surface area contributed by atoms with Gasteiger partial charge in [0.2, 0.25) is 0 Å². The summed E-state index contributed by atoms with van der Waals surface area (Å²) >= 11 is 0. The van der Waals surface area contributed by atoms with Gasteiger partial charge >= 0.3 is 0 Å². The van der Waals surface area contributed by atoms with Gasteiger partial charge in [-0.05, 0) is 13.0 Å². The molecule has 1 aromatic rings. The summed E-state index contributed by atoms with van der Waals surface area (Å²) in [7, 11) is 0. The molecule has 0 saturated carbocycles. The highest BCUT2D eigenvalue weighted by Crippen LogP contribution is 2.16. The summed E-state index contributed by atoms with van der Waals surface area (Å²) in [5.41, 5.74) is 5.07. The minimum atomic E-state index is -1.14. The Balaban J connectivity index is 2.96. The Hall–Kier alpha value is -1.69. The molecule has 0 fully saturated rings. The minimum Gasteiger partial charge on any atom is -0.398 e. The lowest BCUT2D eigenvalue weighted by Crippen LogP contribution is -2.35. The maximum absolute atomic E-state index is 12.9. The SMILES string of the molecule is CC(CO)NC(=O)c1cc(F)c(F)cc1N. The molecule has 6 heteroatoms. The summed E-state index contributed by atoms with van der Waals surface area (Å²) in [5, 5.41) is 11.1. The minimum absolute atomic E-state index is 0.151. The molecule has 1 amide bonds. The zero-order valence-corrected chi connectivity index (χ0v) is 8.63. The van der Waals surface area contributed by atoms with Crippen LogP contribution in [-0.4, -0.2) is 23.7 Å². The normalized spacial score (nSPS) is 12.2. The predicted molar refractivity (Wildman–Crippen MR) is 54.8 cm³/mol. The van der Waals surface area contributed by atoms with Crippen molar-refractivity contribution in [3.8, 4) is 0 Å². The predicted octanol–water partition coefficient (Wildman–Crippen LogP) is 0.658. The summed E-state index contributed by atoms with van der Waals surface area (Å²) in [5.74, 6) is -2.90. The van der Waals surface area contributed by atoms with E-state index < -0.39 is 23.6 Å². The molecule has 1 rings (SSSR count). The fourth-order valence-corrected chi connectivity index (χ4v) is 1.11. The molecule has 0 heterocycles. The second-order valence-corrected chi connectivity index (χ2v) is 3.41. The van der Waals surface area contributed by atoms with Crippen LogP contribution in [0.3, 0.4) is 0 Å². The number of nitrogen functional groups attached to an aromatic ring is 1. The summed E-state index contributed by atoms with van der Waals surface area (Å²) in [6, 6.07) is 0.984. The number of nitrogens with two attached hydrogens (primary N) is 1. The number of rotatable bonds is 3. The number of hydrogen-bond donors (Lipinski definition) is 3. The van der Waals surface area contributed by atoms with Crippen molar-refractivity contribution in [2.24, 2.45) is 0 Å². The molecule has 4 N–H and O–H groups in total. The third-order valence-electron chi connectivity index (χ3n) is 1.99. The van der Waals surface area contributed by atoms with Crippen molar-refractivity contribution in [2.75, 3.05) is 12.3 Å². The molecule has 0 aliphatic carbocycles. The lowest BCUT2D eigenvalue weighted by Gasteiger charge is -2.12. The lowest BCUT2D eigenvalue weighted by atomic mass is 10.1. The molecule has 0 radical (unpaired) electrons. The molecule has 1 unspecified atom stereocenters. The number of amides is 1. The molecule has 0 bridgehead atoms. The first-order chi connectivity index (χ1) is 7.45. The molecule has 0 spiro atoms. The molecule has 0 aliphatic heterocycles. The monoisotopic (exact) mass is 230 g/mol. The Kier molecular flexibility index (Phi) is 3.78. The highest BCUT2D eigenvalue weighted by molar-refractivity contribution is 5.99. The van der Waals surface area contributed by atoms with E-state index in [1.54, 1.807) is 6.92 Å². The highest BCUT2D eigenvalue weighted by Gasteiger charge is 2.15. The Morgan fingerprint density at radius 2 is 2.06 bits per heavy atom. The van der Waals surface area contributed by atoms with E-state index in [0.717, 1.165) is 12.1 Å². The van der Waals surface area contributed by atoms with Gasteiger partial charge in [-0.3, -0.25) is 4.79 Å². The van der Waals surface area contributed by atoms with Crippen molar-refractivity contribution >= 4 is 11.6 Å². The average molecular weight is 230 g/mol. The van der Waals surface area contributed by atoms with E-state index in [1.165, 1.54) is 0 Å². The molecule has 1 aromatic carbocycles. The van der Waals surface area contributed by atoms with Gasteiger partial charge in [-0.25, -0.2) is 8.78 Å². The molecular formula is C10H12F2N2O2. The number of nitrogens with one attached hydrogen (secondary N) is 1. The van der Waals surface area contributed by atoms with Crippen LogP contribution >= 0.6 is 0 Å². The van der Waals surface area contributed by atoms with E-state index in [1.807, 2.05) is 0 Å². The van der Waals surface area contributed by atoms with Gasteiger partial charge in [-0.15, -0.1) is 0 Å². The number of carbonyl (C=O) groups is 1. The molecule has 88 valence electrons. The zero-order chi connectivity index (χ0) is 12.3. The number of aliphatic hydroxyl groups excluding tert-OH is 1. The maximum Gasteiger partial charge on any atom is 0.253 e. The van der Waals surface area contributed by atoms with E-state index in [2.05, 4.69) is 5.32 Å².